The molecule has 0 aromatic carbocycles. The predicted octanol–water partition coefficient (Wildman–Crippen LogP) is 1.89. The summed E-state index contributed by atoms with van der Waals surface area (Å²) >= 11 is 0. The Hall–Kier alpha value is -2.10. The Labute approximate surface area is 118 Å². The molecule has 2 aliphatic rings. The summed E-state index contributed by atoms with van der Waals surface area (Å²) in [5.74, 6) is 0.482. The Balaban J connectivity index is 2.28. The van der Waals surface area contributed by atoms with Gasteiger partial charge in [-0.3, -0.25) is 4.79 Å². The summed E-state index contributed by atoms with van der Waals surface area (Å²) in [5, 5.41) is 0. The number of pyridine rings is 1. The van der Waals surface area contributed by atoms with Crippen LogP contribution < -0.4 is 10.5 Å². The van der Waals surface area contributed by atoms with Gasteiger partial charge in [-0.15, -0.1) is 0 Å². The molecule has 0 saturated heterocycles. The van der Waals surface area contributed by atoms with E-state index in [1.807, 2.05) is 19.1 Å². The molecule has 4 heteroatoms. The first-order chi connectivity index (χ1) is 9.63. The fourth-order valence-corrected chi connectivity index (χ4v) is 3.57. The Morgan fingerprint density at radius 3 is 3.00 bits per heavy atom. The molecule has 0 fully saturated rings. The van der Waals surface area contributed by atoms with E-state index in [-0.39, 0.29) is 11.8 Å². The summed E-state index contributed by atoms with van der Waals surface area (Å²) in [6.07, 6.45) is 7.65. The van der Waals surface area contributed by atoms with Crippen molar-refractivity contribution in [2.75, 3.05) is 7.11 Å². The number of hydrogen-bond acceptors (Lipinski definition) is 3. The number of allylic oxidation sites excluding steroid dienone is 3. The first-order valence-electron chi connectivity index (χ1n) is 6.81. The number of primary amides is 1. The van der Waals surface area contributed by atoms with Gasteiger partial charge in [0.2, 0.25) is 11.8 Å². The molecule has 2 aliphatic carbocycles. The molecule has 1 heterocycles. The zero-order valence-corrected chi connectivity index (χ0v) is 11.7. The highest BCUT2D eigenvalue weighted by molar-refractivity contribution is 5.92. The second-order valence-corrected chi connectivity index (χ2v) is 5.30. The monoisotopic (exact) mass is 270 g/mol. The van der Waals surface area contributed by atoms with Crippen LogP contribution in [-0.4, -0.2) is 18.0 Å². The number of nitrogens with two attached hydrogens (primary N) is 1. The number of carbonyl (C=O) groups excluding carboxylic acids is 1. The molecule has 4 nitrogen and oxygen atoms in total. The van der Waals surface area contributed by atoms with Crippen molar-refractivity contribution < 1.29 is 9.53 Å². The van der Waals surface area contributed by atoms with Crippen LogP contribution in [0.15, 0.2) is 35.9 Å². The smallest absolute Gasteiger partial charge is 0.232 e. The predicted molar refractivity (Wildman–Crippen MR) is 76.4 cm³/mol. The first-order valence-corrected chi connectivity index (χ1v) is 6.81. The van der Waals surface area contributed by atoms with Crippen molar-refractivity contribution >= 4 is 5.91 Å². The number of aromatic nitrogens is 1. The minimum Gasteiger partial charge on any atom is -0.481 e. The minimum atomic E-state index is -0.735. The quantitative estimate of drug-likeness (QED) is 0.835. The molecule has 2 N–H and O–H groups in total. The number of ether oxygens (including phenoxy) is 1. The third-order valence-electron chi connectivity index (χ3n) is 4.45. The highest BCUT2D eigenvalue weighted by atomic mass is 16.5. The van der Waals surface area contributed by atoms with Crippen LogP contribution in [0.4, 0.5) is 0 Å². The molecular formula is C16H18N2O2. The topological polar surface area (TPSA) is 65.2 Å². The maximum Gasteiger partial charge on any atom is 0.232 e. The number of rotatable bonds is 2. The normalized spacial score (nSPS) is 29.1. The molecular weight excluding hydrogens is 252 g/mol. The highest BCUT2D eigenvalue weighted by Crippen LogP contribution is 2.49. The number of methoxy groups -OCH3 is 1. The van der Waals surface area contributed by atoms with Gasteiger partial charge in [0, 0.05) is 24.1 Å². The van der Waals surface area contributed by atoms with E-state index in [9.17, 15) is 4.79 Å². The summed E-state index contributed by atoms with van der Waals surface area (Å²) in [7, 11) is 1.60. The van der Waals surface area contributed by atoms with Crippen LogP contribution in [0.3, 0.4) is 0 Å². The summed E-state index contributed by atoms with van der Waals surface area (Å²) in [6, 6.07) is 3.74. The molecule has 1 unspecified atom stereocenters. The number of carbonyl (C=O) groups is 1. The van der Waals surface area contributed by atoms with Crippen molar-refractivity contribution in [3.05, 3.63) is 47.2 Å². The van der Waals surface area contributed by atoms with E-state index >= 15 is 0 Å². The second-order valence-electron chi connectivity index (χ2n) is 5.30. The van der Waals surface area contributed by atoms with E-state index in [0.717, 1.165) is 23.3 Å². The molecule has 2 bridgehead atoms. The fourth-order valence-electron chi connectivity index (χ4n) is 3.57. The van der Waals surface area contributed by atoms with Gasteiger partial charge in [-0.05, 0) is 24.5 Å². The van der Waals surface area contributed by atoms with Crippen molar-refractivity contribution in [3.8, 4) is 5.88 Å². The molecule has 1 aromatic heterocycles. The molecule has 1 aromatic rings. The lowest BCUT2D eigenvalue weighted by Gasteiger charge is -2.43. The van der Waals surface area contributed by atoms with Crippen LogP contribution in [-0.2, 0) is 16.6 Å². The van der Waals surface area contributed by atoms with Crippen LogP contribution in [0.1, 0.15) is 24.6 Å². The van der Waals surface area contributed by atoms with Gasteiger partial charge in [0.15, 0.2) is 0 Å². The van der Waals surface area contributed by atoms with Crippen molar-refractivity contribution in [3.63, 3.8) is 0 Å². The Kier molecular flexibility index (Phi) is 2.89. The molecule has 104 valence electrons. The second kappa shape index (κ2) is 4.47. The first kappa shape index (κ1) is 12.9. The average Bonchev–Trinajstić information content (AvgIpc) is 2.45. The lowest BCUT2D eigenvalue weighted by molar-refractivity contribution is -0.122. The van der Waals surface area contributed by atoms with Crippen molar-refractivity contribution in [1.29, 1.82) is 0 Å². The maximum absolute atomic E-state index is 12.3. The van der Waals surface area contributed by atoms with Gasteiger partial charge in [0.1, 0.15) is 5.41 Å². The minimum absolute atomic E-state index is 0.202. The number of amides is 1. The van der Waals surface area contributed by atoms with Crippen molar-refractivity contribution in [1.82, 2.24) is 4.98 Å². The van der Waals surface area contributed by atoms with Gasteiger partial charge < -0.3 is 10.5 Å². The van der Waals surface area contributed by atoms with Gasteiger partial charge in [0.25, 0.3) is 0 Å². The van der Waals surface area contributed by atoms with Crippen LogP contribution in [0.25, 0.3) is 0 Å². The third kappa shape index (κ3) is 1.54. The molecule has 0 spiro atoms. The summed E-state index contributed by atoms with van der Waals surface area (Å²) in [5.41, 5.74) is 8.01. The van der Waals surface area contributed by atoms with Crippen LogP contribution >= 0.6 is 0 Å². The zero-order valence-electron chi connectivity index (χ0n) is 11.7. The molecule has 2 atom stereocenters. The van der Waals surface area contributed by atoms with E-state index in [4.69, 9.17) is 10.5 Å². The van der Waals surface area contributed by atoms with E-state index in [1.54, 1.807) is 13.2 Å². The molecule has 20 heavy (non-hydrogen) atoms. The fraction of sp³-hybridized carbons (Fsp3) is 0.375. The molecule has 0 saturated carbocycles. The average molecular weight is 270 g/mol. The Morgan fingerprint density at radius 2 is 2.35 bits per heavy atom. The maximum atomic E-state index is 12.3. The Bertz CT molecular complexity index is 633. The third-order valence-corrected chi connectivity index (χ3v) is 4.45. The van der Waals surface area contributed by atoms with Crippen molar-refractivity contribution in [2.45, 2.75) is 25.2 Å². The Morgan fingerprint density at radius 1 is 1.55 bits per heavy atom. The summed E-state index contributed by atoms with van der Waals surface area (Å²) in [6.45, 7) is 1.97. The highest BCUT2D eigenvalue weighted by Gasteiger charge is 2.49. The number of nitrogens with zero attached hydrogens (tertiary/aromatic N) is 1. The number of fused-ring (bicyclic) bond motifs is 4. The van der Waals surface area contributed by atoms with Crippen LogP contribution in [0.2, 0.25) is 0 Å². The van der Waals surface area contributed by atoms with Gasteiger partial charge >= 0.3 is 0 Å². The van der Waals surface area contributed by atoms with Crippen LogP contribution in [0, 0.1) is 5.92 Å². The molecule has 1 amide bonds. The summed E-state index contributed by atoms with van der Waals surface area (Å²) in [4.78, 5) is 16.8. The standard InChI is InChI=1S/C16H18N2O2/c1-3-11-10-5-4-8-16(11,15(17)19)12-6-7-14(20-2)18-13(12)9-10/h3-7,10H,8-9H2,1-2H3,(H2,17,19)/b11-3+/t10-,16?/m1/s1. The van der Waals surface area contributed by atoms with Gasteiger partial charge in [0.05, 0.1) is 7.11 Å². The van der Waals surface area contributed by atoms with E-state index in [2.05, 4.69) is 17.1 Å². The van der Waals surface area contributed by atoms with Gasteiger partial charge in [-0.1, -0.05) is 24.3 Å². The van der Waals surface area contributed by atoms with Crippen LogP contribution in [0.5, 0.6) is 5.88 Å². The van der Waals surface area contributed by atoms with Crippen molar-refractivity contribution in [2.24, 2.45) is 11.7 Å². The molecule has 0 radical (unpaired) electrons. The lowest BCUT2D eigenvalue weighted by atomic mass is 9.59. The summed E-state index contributed by atoms with van der Waals surface area (Å²) < 4.78 is 5.19. The molecule has 3 rings (SSSR count). The largest absolute Gasteiger partial charge is 0.481 e. The lowest BCUT2D eigenvalue weighted by Crippen LogP contribution is -2.49. The van der Waals surface area contributed by atoms with Gasteiger partial charge in [-0.2, -0.15) is 0 Å². The van der Waals surface area contributed by atoms with Gasteiger partial charge in [-0.25, -0.2) is 4.98 Å². The van der Waals surface area contributed by atoms with E-state index < -0.39 is 5.41 Å². The van der Waals surface area contributed by atoms with E-state index in [0.29, 0.717) is 12.3 Å². The van der Waals surface area contributed by atoms with E-state index in [1.165, 1.54) is 0 Å². The zero-order chi connectivity index (χ0) is 14.3. The SMILES string of the molecule is C/C=C1\[C@@H]2C=CCC1(C(N)=O)c1ccc(OC)nc1C2. The molecule has 0 aliphatic heterocycles. The number of hydrogen-bond donors (Lipinski definition) is 1.